The molecule has 1 atom stereocenters. The maximum Gasteiger partial charge on any atom is 0.217 e. The number of hydrogen-bond donors (Lipinski definition) is 0. The van der Waals surface area contributed by atoms with Crippen LogP contribution in [0.1, 0.15) is 18.9 Å². The van der Waals surface area contributed by atoms with E-state index < -0.39 is 14.6 Å². The molecule has 1 spiro atoms. The highest BCUT2D eigenvalue weighted by Crippen LogP contribution is 2.45. The Morgan fingerprint density at radius 1 is 1.43 bits per heavy atom. The molecule has 0 aliphatic carbocycles. The van der Waals surface area contributed by atoms with Gasteiger partial charge in [0.1, 0.15) is 4.75 Å². The van der Waals surface area contributed by atoms with Crippen molar-refractivity contribution in [3.63, 3.8) is 0 Å². The fourth-order valence-electron chi connectivity index (χ4n) is 3.76. The number of nitrogens with zero attached hydrogens (tertiary/aromatic N) is 2. The van der Waals surface area contributed by atoms with Crippen LogP contribution in [0, 0.1) is 5.92 Å². The van der Waals surface area contributed by atoms with Crippen LogP contribution in [0.15, 0.2) is 18.3 Å². The molecule has 7 heteroatoms. The number of ether oxygens (including phenoxy) is 2. The number of likely N-dealkylation sites (tertiary alicyclic amines) is 1. The molecule has 128 valence electrons. The third kappa shape index (κ3) is 2.86. The summed E-state index contributed by atoms with van der Waals surface area (Å²) in [5, 5.41) is 0. The molecule has 2 fully saturated rings. The predicted octanol–water partition coefficient (Wildman–Crippen LogP) is 1.12. The third-order valence-electron chi connectivity index (χ3n) is 5.04. The zero-order valence-corrected chi connectivity index (χ0v) is 14.5. The summed E-state index contributed by atoms with van der Waals surface area (Å²) in [6.07, 6.45) is 2.41. The Labute approximate surface area is 137 Å². The lowest BCUT2D eigenvalue weighted by molar-refractivity contribution is 0.0288. The van der Waals surface area contributed by atoms with E-state index in [2.05, 4.69) is 9.88 Å². The fourth-order valence-corrected chi connectivity index (χ4v) is 6.21. The van der Waals surface area contributed by atoms with Crippen LogP contribution in [0.3, 0.4) is 0 Å². The Kier molecular flexibility index (Phi) is 4.62. The van der Waals surface area contributed by atoms with Gasteiger partial charge in [-0.2, -0.15) is 0 Å². The van der Waals surface area contributed by atoms with E-state index in [9.17, 15) is 8.42 Å². The van der Waals surface area contributed by atoms with Gasteiger partial charge in [-0.15, -0.1) is 0 Å². The number of aromatic nitrogens is 1. The Morgan fingerprint density at radius 2 is 2.22 bits per heavy atom. The second kappa shape index (κ2) is 6.37. The number of pyridine rings is 1. The monoisotopic (exact) mass is 340 g/mol. The van der Waals surface area contributed by atoms with Crippen LogP contribution in [0.25, 0.3) is 0 Å². The van der Waals surface area contributed by atoms with Crippen molar-refractivity contribution in [2.45, 2.75) is 24.6 Å². The minimum atomic E-state index is -3.04. The maximum atomic E-state index is 12.5. The summed E-state index contributed by atoms with van der Waals surface area (Å²) in [5.74, 6) is 1.00. The number of hydrogen-bond acceptors (Lipinski definition) is 6. The van der Waals surface area contributed by atoms with Gasteiger partial charge in [0.15, 0.2) is 9.84 Å². The summed E-state index contributed by atoms with van der Waals surface area (Å²) in [6, 6.07) is 3.84. The van der Waals surface area contributed by atoms with Gasteiger partial charge < -0.3 is 9.47 Å². The molecule has 0 aromatic carbocycles. The summed E-state index contributed by atoms with van der Waals surface area (Å²) in [6.45, 7) is 4.92. The lowest BCUT2D eigenvalue weighted by atomic mass is 9.83. The Balaban J connectivity index is 1.70. The van der Waals surface area contributed by atoms with Crippen molar-refractivity contribution in [1.82, 2.24) is 9.88 Å². The lowest BCUT2D eigenvalue weighted by Gasteiger charge is -2.50. The summed E-state index contributed by atoms with van der Waals surface area (Å²) >= 11 is 0. The quantitative estimate of drug-likeness (QED) is 0.773. The van der Waals surface area contributed by atoms with Gasteiger partial charge in [0, 0.05) is 43.9 Å². The maximum absolute atomic E-state index is 12.5. The van der Waals surface area contributed by atoms with E-state index in [1.807, 2.05) is 19.1 Å². The first-order valence-corrected chi connectivity index (χ1v) is 9.68. The molecule has 1 aromatic heterocycles. The lowest BCUT2D eigenvalue weighted by Crippen LogP contribution is -2.67. The summed E-state index contributed by atoms with van der Waals surface area (Å²) < 4.78 is 35.3. The van der Waals surface area contributed by atoms with Crippen molar-refractivity contribution in [3.05, 3.63) is 23.9 Å². The van der Waals surface area contributed by atoms with Crippen LogP contribution in [-0.2, 0) is 21.1 Å². The van der Waals surface area contributed by atoms with Crippen molar-refractivity contribution in [2.24, 2.45) is 5.92 Å². The van der Waals surface area contributed by atoms with Gasteiger partial charge in [-0.1, -0.05) is 6.07 Å². The van der Waals surface area contributed by atoms with Crippen LogP contribution in [0.5, 0.6) is 5.88 Å². The molecule has 2 aliphatic heterocycles. The van der Waals surface area contributed by atoms with Gasteiger partial charge in [-0.3, -0.25) is 4.90 Å². The Hall–Kier alpha value is -1.18. The molecule has 0 bridgehead atoms. The molecule has 1 aromatic rings. The summed E-state index contributed by atoms with van der Waals surface area (Å²) in [7, 11) is -1.44. The highest BCUT2D eigenvalue weighted by molar-refractivity contribution is 7.93. The molecule has 6 nitrogen and oxygen atoms in total. The Bertz CT molecular complexity index is 656. The Morgan fingerprint density at radius 3 is 2.91 bits per heavy atom. The standard InChI is InChI=1S/C16H24N2O4S/c1-3-22-10-14-6-8-23(19,20)16(14)11-18(12-16)9-13-5-4-7-17-15(13)21-2/h4-5,7,14H,3,6,8-12H2,1-2H3. The van der Waals surface area contributed by atoms with Gasteiger partial charge in [-0.25, -0.2) is 13.4 Å². The van der Waals surface area contributed by atoms with E-state index in [0.29, 0.717) is 45.1 Å². The molecule has 0 radical (unpaired) electrons. The minimum absolute atomic E-state index is 0.111. The molecular formula is C16H24N2O4S. The van der Waals surface area contributed by atoms with Crippen molar-refractivity contribution in [1.29, 1.82) is 0 Å². The highest BCUT2D eigenvalue weighted by atomic mass is 32.2. The predicted molar refractivity (Wildman–Crippen MR) is 87.2 cm³/mol. The molecular weight excluding hydrogens is 316 g/mol. The van der Waals surface area contributed by atoms with Crippen molar-refractivity contribution in [2.75, 3.05) is 39.2 Å². The topological polar surface area (TPSA) is 68.7 Å². The zero-order chi connectivity index (χ0) is 16.5. The molecule has 3 rings (SSSR count). The van der Waals surface area contributed by atoms with Gasteiger partial charge in [-0.05, 0) is 19.4 Å². The van der Waals surface area contributed by atoms with Crippen molar-refractivity contribution < 1.29 is 17.9 Å². The van der Waals surface area contributed by atoms with Crippen molar-refractivity contribution >= 4 is 9.84 Å². The molecule has 2 aliphatic rings. The second-order valence-corrected chi connectivity index (χ2v) is 8.80. The molecule has 3 heterocycles. The first-order chi connectivity index (χ1) is 11.0. The van der Waals surface area contributed by atoms with Crippen LogP contribution in [0.4, 0.5) is 0 Å². The van der Waals surface area contributed by atoms with Crippen molar-refractivity contribution in [3.8, 4) is 5.88 Å². The number of methoxy groups -OCH3 is 1. The van der Waals surface area contributed by atoms with E-state index in [1.165, 1.54) is 0 Å². The van der Waals surface area contributed by atoms with Crippen LogP contribution in [0.2, 0.25) is 0 Å². The van der Waals surface area contributed by atoms with Crippen LogP contribution < -0.4 is 4.74 Å². The highest BCUT2D eigenvalue weighted by Gasteiger charge is 2.61. The van der Waals surface area contributed by atoms with Gasteiger partial charge in [0.05, 0.1) is 19.5 Å². The molecule has 0 N–H and O–H groups in total. The van der Waals surface area contributed by atoms with E-state index in [0.717, 1.165) is 5.56 Å². The zero-order valence-electron chi connectivity index (χ0n) is 13.7. The van der Waals surface area contributed by atoms with Gasteiger partial charge >= 0.3 is 0 Å². The average molecular weight is 340 g/mol. The van der Waals surface area contributed by atoms with Crippen LogP contribution in [-0.4, -0.2) is 62.2 Å². The molecule has 1 unspecified atom stereocenters. The van der Waals surface area contributed by atoms with Gasteiger partial charge in [0.25, 0.3) is 0 Å². The number of rotatable bonds is 6. The van der Waals surface area contributed by atoms with E-state index in [1.54, 1.807) is 13.3 Å². The average Bonchev–Trinajstić information content (AvgIpc) is 2.77. The molecule has 0 saturated carbocycles. The minimum Gasteiger partial charge on any atom is -0.481 e. The fraction of sp³-hybridized carbons (Fsp3) is 0.688. The first kappa shape index (κ1) is 16.7. The first-order valence-electron chi connectivity index (χ1n) is 8.02. The van der Waals surface area contributed by atoms with E-state index in [4.69, 9.17) is 9.47 Å². The van der Waals surface area contributed by atoms with Crippen LogP contribution >= 0.6 is 0 Å². The van der Waals surface area contributed by atoms with E-state index >= 15 is 0 Å². The normalized spacial score (nSPS) is 25.4. The SMILES string of the molecule is CCOCC1CCS(=O)(=O)C12CN(Cc1cccnc1OC)C2. The molecule has 2 saturated heterocycles. The largest absolute Gasteiger partial charge is 0.481 e. The van der Waals surface area contributed by atoms with E-state index in [-0.39, 0.29) is 11.7 Å². The second-order valence-electron chi connectivity index (χ2n) is 6.35. The summed E-state index contributed by atoms with van der Waals surface area (Å²) in [5.41, 5.74) is 0.988. The third-order valence-corrected chi connectivity index (χ3v) is 7.64. The van der Waals surface area contributed by atoms with Gasteiger partial charge in [0.2, 0.25) is 5.88 Å². The smallest absolute Gasteiger partial charge is 0.217 e. The number of sulfone groups is 1. The molecule has 0 amide bonds. The summed E-state index contributed by atoms with van der Waals surface area (Å²) in [4.78, 5) is 6.35. The molecule has 23 heavy (non-hydrogen) atoms.